The van der Waals surface area contributed by atoms with Gasteiger partial charge in [0.2, 0.25) is 0 Å². The van der Waals surface area contributed by atoms with Crippen LogP contribution in [0.25, 0.3) is 0 Å². The third kappa shape index (κ3) is 4.69. The average molecular weight is 234 g/mol. The van der Waals surface area contributed by atoms with Crippen molar-refractivity contribution in [2.24, 2.45) is 22.7 Å². The molecule has 17 heavy (non-hydrogen) atoms. The quantitative estimate of drug-likeness (QED) is 0.583. The maximum atomic E-state index is 2.45. The number of allylic oxidation sites excluding steroid dienone is 4. The summed E-state index contributed by atoms with van der Waals surface area (Å²) in [6.45, 7) is 16.3. The first kappa shape index (κ1) is 14.5. The standard InChI is InChI=1S/C17H30/c1-13(12-16(2,3)4)14-8-10-15(11-9-14)17(5,6)7/h8,10-11,13-14H,9,12H2,1-7H3. The van der Waals surface area contributed by atoms with E-state index in [-0.39, 0.29) is 0 Å². The molecule has 0 bridgehead atoms. The third-order valence-corrected chi connectivity index (χ3v) is 3.66. The zero-order valence-electron chi connectivity index (χ0n) is 12.8. The van der Waals surface area contributed by atoms with Gasteiger partial charge in [-0.25, -0.2) is 0 Å². The van der Waals surface area contributed by atoms with Gasteiger partial charge in [0.1, 0.15) is 0 Å². The second-order valence-electron chi connectivity index (χ2n) is 7.91. The van der Waals surface area contributed by atoms with E-state index in [1.807, 2.05) is 0 Å². The van der Waals surface area contributed by atoms with Crippen molar-refractivity contribution in [1.29, 1.82) is 0 Å². The lowest BCUT2D eigenvalue weighted by atomic mass is 9.74. The zero-order chi connectivity index (χ0) is 13.3. The van der Waals surface area contributed by atoms with E-state index >= 15 is 0 Å². The average Bonchev–Trinajstić information content (AvgIpc) is 2.14. The lowest BCUT2D eigenvalue weighted by Gasteiger charge is -2.31. The highest BCUT2D eigenvalue weighted by Crippen LogP contribution is 2.36. The Morgan fingerprint density at radius 2 is 1.76 bits per heavy atom. The van der Waals surface area contributed by atoms with E-state index in [1.165, 1.54) is 18.4 Å². The number of rotatable bonds is 2. The first-order valence-corrected chi connectivity index (χ1v) is 6.98. The maximum absolute atomic E-state index is 2.45. The van der Waals surface area contributed by atoms with Crippen molar-refractivity contribution in [3.63, 3.8) is 0 Å². The van der Waals surface area contributed by atoms with Gasteiger partial charge in [0.25, 0.3) is 0 Å². The van der Waals surface area contributed by atoms with Gasteiger partial charge < -0.3 is 0 Å². The summed E-state index contributed by atoms with van der Waals surface area (Å²) < 4.78 is 0. The fourth-order valence-corrected chi connectivity index (χ4v) is 2.73. The molecule has 0 heterocycles. The molecule has 0 aromatic carbocycles. The van der Waals surface area contributed by atoms with Crippen LogP contribution in [0.2, 0.25) is 0 Å². The number of hydrogen-bond acceptors (Lipinski definition) is 0. The molecular weight excluding hydrogens is 204 g/mol. The molecule has 0 heteroatoms. The number of hydrogen-bond donors (Lipinski definition) is 0. The largest absolute Gasteiger partial charge is 0.0806 e. The SMILES string of the molecule is CC(CC(C)(C)C)C1C=CC(C(C)(C)C)=CC1. The summed E-state index contributed by atoms with van der Waals surface area (Å²) in [4.78, 5) is 0. The molecule has 2 atom stereocenters. The predicted molar refractivity (Wildman–Crippen MR) is 78.0 cm³/mol. The molecule has 1 aliphatic rings. The van der Waals surface area contributed by atoms with Crippen molar-refractivity contribution in [2.45, 2.75) is 61.3 Å². The Balaban J connectivity index is 2.59. The zero-order valence-corrected chi connectivity index (χ0v) is 12.8. The van der Waals surface area contributed by atoms with Crippen molar-refractivity contribution < 1.29 is 0 Å². The normalized spacial score (nSPS) is 23.5. The highest BCUT2D eigenvalue weighted by Gasteiger charge is 2.24. The van der Waals surface area contributed by atoms with Gasteiger partial charge in [-0.05, 0) is 41.1 Å². The molecule has 0 aromatic rings. The minimum absolute atomic E-state index is 0.300. The van der Waals surface area contributed by atoms with Crippen LogP contribution >= 0.6 is 0 Å². The van der Waals surface area contributed by atoms with Crippen molar-refractivity contribution in [2.75, 3.05) is 0 Å². The van der Waals surface area contributed by atoms with E-state index in [9.17, 15) is 0 Å². The summed E-state index contributed by atoms with van der Waals surface area (Å²) in [7, 11) is 0. The summed E-state index contributed by atoms with van der Waals surface area (Å²) in [6, 6.07) is 0. The molecule has 0 saturated heterocycles. The van der Waals surface area contributed by atoms with Crippen LogP contribution < -0.4 is 0 Å². The Morgan fingerprint density at radius 1 is 1.18 bits per heavy atom. The fraction of sp³-hybridized carbons (Fsp3) is 0.765. The summed E-state index contributed by atoms with van der Waals surface area (Å²) in [6.07, 6.45) is 9.77. The predicted octanol–water partition coefficient (Wildman–Crippen LogP) is 5.61. The second kappa shape index (κ2) is 5.00. The topological polar surface area (TPSA) is 0 Å². The van der Waals surface area contributed by atoms with Crippen molar-refractivity contribution >= 4 is 0 Å². The molecule has 0 N–H and O–H groups in total. The van der Waals surface area contributed by atoms with Crippen LogP contribution in [-0.4, -0.2) is 0 Å². The Morgan fingerprint density at radius 3 is 2.12 bits per heavy atom. The van der Waals surface area contributed by atoms with E-state index in [0.717, 1.165) is 11.8 Å². The second-order valence-corrected chi connectivity index (χ2v) is 7.91. The smallest absolute Gasteiger partial charge is 0.0135 e. The van der Waals surface area contributed by atoms with Crippen LogP contribution in [0.15, 0.2) is 23.8 Å². The van der Waals surface area contributed by atoms with Crippen LogP contribution in [-0.2, 0) is 0 Å². The Hall–Kier alpha value is -0.520. The summed E-state index contributed by atoms with van der Waals surface area (Å²) in [5.41, 5.74) is 2.24. The first-order valence-electron chi connectivity index (χ1n) is 6.98. The summed E-state index contributed by atoms with van der Waals surface area (Å²) in [5, 5.41) is 0. The minimum atomic E-state index is 0.300. The lowest BCUT2D eigenvalue weighted by molar-refractivity contribution is 0.263. The Bertz CT molecular complexity index is 304. The highest BCUT2D eigenvalue weighted by atomic mass is 14.3. The Kier molecular flexibility index (Phi) is 4.28. The molecular formula is C17H30. The van der Waals surface area contributed by atoms with Crippen LogP contribution in [0.5, 0.6) is 0 Å². The van der Waals surface area contributed by atoms with Gasteiger partial charge in [0.05, 0.1) is 0 Å². The summed E-state index contributed by atoms with van der Waals surface area (Å²) in [5.74, 6) is 1.52. The van der Waals surface area contributed by atoms with Crippen molar-refractivity contribution in [3.8, 4) is 0 Å². The van der Waals surface area contributed by atoms with Crippen molar-refractivity contribution in [3.05, 3.63) is 23.8 Å². The van der Waals surface area contributed by atoms with Crippen LogP contribution in [0.3, 0.4) is 0 Å². The molecule has 0 fully saturated rings. The fourth-order valence-electron chi connectivity index (χ4n) is 2.73. The van der Waals surface area contributed by atoms with Gasteiger partial charge in [-0.15, -0.1) is 0 Å². The van der Waals surface area contributed by atoms with Gasteiger partial charge in [0.15, 0.2) is 0 Å². The molecule has 98 valence electrons. The van der Waals surface area contributed by atoms with Gasteiger partial charge in [-0.1, -0.05) is 66.7 Å². The summed E-state index contributed by atoms with van der Waals surface area (Å²) >= 11 is 0. The lowest BCUT2D eigenvalue weighted by Crippen LogP contribution is -2.19. The van der Waals surface area contributed by atoms with Gasteiger partial charge in [-0.2, -0.15) is 0 Å². The molecule has 1 aliphatic carbocycles. The monoisotopic (exact) mass is 234 g/mol. The molecule has 0 aliphatic heterocycles. The van der Waals surface area contributed by atoms with E-state index in [2.05, 4.69) is 66.7 Å². The van der Waals surface area contributed by atoms with E-state index in [1.54, 1.807) is 0 Å². The Labute approximate surface area is 108 Å². The van der Waals surface area contributed by atoms with E-state index < -0.39 is 0 Å². The molecule has 0 aromatic heterocycles. The van der Waals surface area contributed by atoms with E-state index in [4.69, 9.17) is 0 Å². The van der Waals surface area contributed by atoms with Crippen LogP contribution in [0.1, 0.15) is 61.3 Å². The molecule has 0 radical (unpaired) electrons. The van der Waals surface area contributed by atoms with Gasteiger partial charge in [-0.3, -0.25) is 0 Å². The maximum Gasteiger partial charge on any atom is -0.0135 e. The van der Waals surface area contributed by atoms with Gasteiger partial charge >= 0.3 is 0 Å². The molecule has 0 spiro atoms. The van der Waals surface area contributed by atoms with E-state index in [0.29, 0.717) is 10.8 Å². The highest BCUT2D eigenvalue weighted by molar-refractivity contribution is 5.28. The van der Waals surface area contributed by atoms with Crippen LogP contribution in [0, 0.1) is 22.7 Å². The molecule has 0 amide bonds. The third-order valence-electron chi connectivity index (χ3n) is 3.66. The minimum Gasteiger partial charge on any atom is -0.0806 e. The first-order chi connectivity index (χ1) is 7.59. The van der Waals surface area contributed by atoms with Gasteiger partial charge in [0, 0.05) is 0 Å². The molecule has 0 saturated carbocycles. The molecule has 1 rings (SSSR count). The van der Waals surface area contributed by atoms with Crippen molar-refractivity contribution in [1.82, 2.24) is 0 Å². The van der Waals surface area contributed by atoms with Crippen LogP contribution in [0.4, 0.5) is 0 Å². The molecule has 2 unspecified atom stereocenters. The molecule has 0 nitrogen and oxygen atoms in total.